The smallest absolute Gasteiger partial charge is 0.157 e. The molecule has 0 aliphatic carbocycles. The minimum absolute atomic E-state index is 0.242. The van der Waals surface area contributed by atoms with Crippen molar-refractivity contribution >= 4 is 16.9 Å². The van der Waals surface area contributed by atoms with Gasteiger partial charge >= 0.3 is 0 Å². The van der Waals surface area contributed by atoms with Gasteiger partial charge in [0.2, 0.25) is 0 Å². The molecule has 1 unspecified atom stereocenters. The Kier molecular flexibility index (Phi) is 5.33. The molecule has 2 aliphatic heterocycles. The first-order chi connectivity index (χ1) is 8.78. The number of thioether (sulfide) groups is 1. The summed E-state index contributed by atoms with van der Waals surface area (Å²) in [5.41, 5.74) is 0.242. The number of methoxy groups -OCH3 is 1. The van der Waals surface area contributed by atoms with Crippen LogP contribution in [0.3, 0.4) is 0 Å². The van der Waals surface area contributed by atoms with Crippen molar-refractivity contribution in [1.29, 1.82) is 0 Å². The molecule has 1 spiro atoms. The van der Waals surface area contributed by atoms with Crippen LogP contribution >= 0.6 is 11.8 Å². The highest BCUT2D eigenvalue weighted by Crippen LogP contribution is 2.32. The molecule has 1 N–H and O–H groups in total. The molecule has 0 radical (unpaired) electrons. The second kappa shape index (κ2) is 6.78. The molecule has 0 bridgehead atoms. The third-order valence-corrected chi connectivity index (χ3v) is 4.77. The van der Waals surface area contributed by atoms with Crippen molar-refractivity contribution in [3.63, 3.8) is 0 Å². The van der Waals surface area contributed by atoms with E-state index in [0.29, 0.717) is 6.04 Å². The summed E-state index contributed by atoms with van der Waals surface area (Å²) in [6.45, 7) is 4.66. The minimum Gasteiger partial charge on any atom is -0.382 e. The van der Waals surface area contributed by atoms with E-state index in [2.05, 4.69) is 12.2 Å². The standard InChI is InChI=1S/C13H24N2O2S/c1-3-4-11(9-16-2)14-12-15-13(10-18-12)5-7-17-8-6-13/h11H,3-10H2,1-2H3,(H,14,15). The first-order valence-electron chi connectivity index (χ1n) is 6.83. The van der Waals surface area contributed by atoms with Gasteiger partial charge in [-0.2, -0.15) is 0 Å². The van der Waals surface area contributed by atoms with Gasteiger partial charge in [-0.25, -0.2) is 0 Å². The maximum absolute atomic E-state index is 5.44. The Morgan fingerprint density at radius 2 is 2.28 bits per heavy atom. The highest BCUT2D eigenvalue weighted by atomic mass is 32.2. The Hall–Kier alpha value is -0.260. The SMILES string of the molecule is CCCC(COC)N=C1NC2(CCOCC2)CS1. The molecule has 1 atom stereocenters. The second-order valence-corrected chi connectivity index (χ2v) is 6.10. The van der Waals surface area contributed by atoms with E-state index in [1.807, 2.05) is 11.8 Å². The van der Waals surface area contributed by atoms with Crippen LogP contribution in [-0.2, 0) is 9.47 Å². The maximum atomic E-state index is 5.44. The summed E-state index contributed by atoms with van der Waals surface area (Å²) < 4.78 is 10.7. The third-order valence-electron chi connectivity index (χ3n) is 3.59. The number of aliphatic imine (C=N–C) groups is 1. The number of rotatable bonds is 5. The van der Waals surface area contributed by atoms with Crippen molar-refractivity contribution in [3.05, 3.63) is 0 Å². The Labute approximate surface area is 114 Å². The molecule has 4 nitrogen and oxygen atoms in total. The molecule has 104 valence electrons. The monoisotopic (exact) mass is 272 g/mol. The Bertz CT molecular complexity index is 285. The second-order valence-electron chi connectivity index (χ2n) is 5.14. The normalized spacial score (nSPS) is 26.4. The predicted octanol–water partition coefficient (Wildman–Crippen LogP) is 2.04. The van der Waals surface area contributed by atoms with E-state index >= 15 is 0 Å². The molecule has 2 heterocycles. The van der Waals surface area contributed by atoms with Crippen LogP contribution in [0, 0.1) is 0 Å². The lowest BCUT2D eigenvalue weighted by atomic mass is 9.93. The number of hydrogen-bond donors (Lipinski definition) is 1. The fourth-order valence-electron chi connectivity index (χ4n) is 2.48. The predicted molar refractivity (Wildman–Crippen MR) is 76.4 cm³/mol. The van der Waals surface area contributed by atoms with Gasteiger partial charge in [0.1, 0.15) is 0 Å². The van der Waals surface area contributed by atoms with Gasteiger partial charge in [0.15, 0.2) is 5.17 Å². The van der Waals surface area contributed by atoms with E-state index in [9.17, 15) is 0 Å². The van der Waals surface area contributed by atoms with Gasteiger partial charge in [-0.15, -0.1) is 0 Å². The molecular weight excluding hydrogens is 248 g/mol. The van der Waals surface area contributed by atoms with Crippen molar-refractivity contribution in [2.45, 2.75) is 44.2 Å². The summed E-state index contributed by atoms with van der Waals surface area (Å²) in [5, 5.41) is 4.74. The molecule has 0 aromatic heterocycles. The summed E-state index contributed by atoms with van der Waals surface area (Å²) in [4.78, 5) is 4.81. The van der Waals surface area contributed by atoms with Crippen LogP contribution in [0.25, 0.3) is 0 Å². The number of hydrogen-bond acceptors (Lipinski definition) is 4. The van der Waals surface area contributed by atoms with Crippen molar-refractivity contribution in [1.82, 2.24) is 5.32 Å². The first kappa shape index (κ1) is 14.2. The van der Waals surface area contributed by atoms with E-state index in [1.165, 1.54) is 0 Å². The molecular formula is C13H24N2O2S. The largest absolute Gasteiger partial charge is 0.382 e. The molecule has 2 aliphatic rings. The van der Waals surface area contributed by atoms with Gasteiger partial charge < -0.3 is 14.8 Å². The number of ether oxygens (including phenoxy) is 2. The zero-order valence-corrected chi connectivity index (χ0v) is 12.2. The number of nitrogens with zero attached hydrogens (tertiary/aromatic N) is 1. The van der Waals surface area contributed by atoms with Crippen molar-refractivity contribution in [2.75, 3.05) is 32.7 Å². The Balaban J connectivity index is 1.93. The third kappa shape index (κ3) is 3.62. The van der Waals surface area contributed by atoms with Gasteiger partial charge in [-0.05, 0) is 19.3 Å². The van der Waals surface area contributed by atoms with Crippen molar-refractivity contribution in [2.24, 2.45) is 4.99 Å². The molecule has 18 heavy (non-hydrogen) atoms. The summed E-state index contributed by atoms with van der Waals surface area (Å²) in [6.07, 6.45) is 4.44. The summed E-state index contributed by atoms with van der Waals surface area (Å²) in [6, 6.07) is 0.296. The molecule has 5 heteroatoms. The van der Waals surface area contributed by atoms with Crippen LogP contribution in [-0.4, -0.2) is 49.4 Å². The number of amidine groups is 1. The van der Waals surface area contributed by atoms with Crippen LogP contribution in [0.15, 0.2) is 4.99 Å². The van der Waals surface area contributed by atoms with E-state index in [4.69, 9.17) is 14.5 Å². The molecule has 0 aromatic carbocycles. The molecule has 2 saturated heterocycles. The van der Waals surface area contributed by atoms with Crippen molar-refractivity contribution < 1.29 is 9.47 Å². The van der Waals surface area contributed by atoms with E-state index < -0.39 is 0 Å². The Morgan fingerprint density at radius 1 is 1.50 bits per heavy atom. The lowest BCUT2D eigenvalue weighted by Crippen LogP contribution is -2.48. The van der Waals surface area contributed by atoms with Gasteiger partial charge in [0.25, 0.3) is 0 Å². The molecule has 0 amide bonds. The Morgan fingerprint density at radius 3 is 2.94 bits per heavy atom. The highest BCUT2D eigenvalue weighted by Gasteiger charge is 2.38. The van der Waals surface area contributed by atoms with E-state index in [1.54, 1.807) is 7.11 Å². The fraction of sp³-hybridized carbons (Fsp3) is 0.923. The minimum atomic E-state index is 0.242. The van der Waals surface area contributed by atoms with Gasteiger partial charge in [0.05, 0.1) is 18.2 Å². The number of nitrogens with one attached hydrogen (secondary N) is 1. The maximum Gasteiger partial charge on any atom is 0.157 e. The topological polar surface area (TPSA) is 42.8 Å². The van der Waals surface area contributed by atoms with Crippen LogP contribution < -0.4 is 5.32 Å². The highest BCUT2D eigenvalue weighted by molar-refractivity contribution is 8.14. The summed E-state index contributed by atoms with van der Waals surface area (Å²) in [7, 11) is 1.75. The van der Waals surface area contributed by atoms with Crippen LogP contribution in [0.1, 0.15) is 32.6 Å². The van der Waals surface area contributed by atoms with Crippen LogP contribution in [0.2, 0.25) is 0 Å². The fourth-order valence-corrected chi connectivity index (χ4v) is 3.77. The molecule has 2 fully saturated rings. The first-order valence-corrected chi connectivity index (χ1v) is 7.82. The van der Waals surface area contributed by atoms with E-state index in [0.717, 1.165) is 56.4 Å². The van der Waals surface area contributed by atoms with Crippen LogP contribution in [0.5, 0.6) is 0 Å². The zero-order chi connectivity index (χ0) is 12.8. The van der Waals surface area contributed by atoms with Gasteiger partial charge in [0, 0.05) is 26.1 Å². The molecule has 2 rings (SSSR count). The average Bonchev–Trinajstić information content (AvgIpc) is 2.74. The molecule has 0 aromatic rings. The van der Waals surface area contributed by atoms with Gasteiger partial charge in [-0.3, -0.25) is 4.99 Å². The lowest BCUT2D eigenvalue weighted by Gasteiger charge is -2.32. The van der Waals surface area contributed by atoms with E-state index in [-0.39, 0.29) is 5.54 Å². The van der Waals surface area contributed by atoms with Crippen LogP contribution in [0.4, 0.5) is 0 Å². The lowest BCUT2D eigenvalue weighted by molar-refractivity contribution is 0.0555. The van der Waals surface area contributed by atoms with Gasteiger partial charge in [-0.1, -0.05) is 25.1 Å². The average molecular weight is 272 g/mol. The van der Waals surface area contributed by atoms with Crippen molar-refractivity contribution in [3.8, 4) is 0 Å². The quantitative estimate of drug-likeness (QED) is 0.832. The molecule has 0 saturated carbocycles. The summed E-state index contributed by atoms with van der Waals surface area (Å²) in [5.74, 6) is 1.13. The summed E-state index contributed by atoms with van der Waals surface area (Å²) >= 11 is 1.86. The zero-order valence-electron chi connectivity index (χ0n) is 11.4.